The molecule has 8 aromatic rings. The van der Waals surface area contributed by atoms with E-state index in [1.807, 2.05) is 0 Å². The predicted molar refractivity (Wildman–Crippen MR) is 322 cm³/mol. The molecule has 5 heteroatoms. The molecule has 0 N–H and O–H groups in total. The summed E-state index contributed by atoms with van der Waals surface area (Å²) in [5, 5.41) is 1.15. The highest BCUT2D eigenvalue weighted by atomic mass is 16.3. The molecule has 4 nitrogen and oxygen atoms in total. The summed E-state index contributed by atoms with van der Waals surface area (Å²) in [6, 6.07) is 51.5. The Morgan fingerprint density at radius 3 is 1.55 bits per heavy atom. The van der Waals surface area contributed by atoms with E-state index in [9.17, 15) is 0 Å². The first-order valence-electron chi connectivity index (χ1n) is 28.0. The Balaban J connectivity index is 1.29. The van der Waals surface area contributed by atoms with Crippen molar-refractivity contribution in [3.63, 3.8) is 0 Å². The van der Waals surface area contributed by atoms with Gasteiger partial charge in [-0.25, -0.2) is 0 Å². The van der Waals surface area contributed by atoms with Crippen LogP contribution in [0.1, 0.15) is 167 Å². The summed E-state index contributed by atoms with van der Waals surface area (Å²) in [7, 11) is 0. The van der Waals surface area contributed by atoms with E-state index < -0.39 is 0 Å². The molecule has 0 spiro atoms. The normalized spacial score (nSPS) is 17.7. The fraction of sp³-hybridized carbons (Fsp3) is 0.371. The molecule has 0 atom stereocenters. The first-order chi connectivity index (χ1) is 35.3. The average Bonchev–Trinajstić information content (AvgIpc) is 3.75. The number of anilines is 9. The second-order valence-corrected chi connectivity index (χ2v) is 27.7. The molecule has 382 valence electrons. The lowest BCUT2D eigenvalue weighted by molar-refractivity contribution is 0.331. The van der Waals surface area contributed by atoms with Crippen LogP contribution in [0.4, 0.5) is 51.2 Å². The standard InChI is InChI=1S/C70H78BN3O/c1-43-37-45(65(3,4)5)27-31-55(43)73-57-40-49(72(47-23-19-17-20-24-47)48-25-21-18-22-26-48)41-58-61(57)71(64-62(73)50-39-46(66(6,7)8)28-32-59(50)75-64)54-30-29-51-60(70(15,16)36-35-67(51,9)10)63(54)74(58)56-42-53-52(38-44(56)2)68(11,12)33-34-69(53,13)14/h17-32,37-42H,33-36H2,1-16H3. The SMILES string of the molecule is Cc1cc2c(cc1N1c3cc(N(c4ccccc4)c4ccccc4)cc4c3B(c3ccc5c(c31)C(C)(C)CCC5(C)C)c1oc3ccc(C(C)(C)C)cc3c1N4c1ccc(C(C)(C)C)cc1C)C(C)(C)CCC2(C)C. The van der Waals surface area contributed by atoms with E-state index in [2.05, 4.69) is 259 Å². The van der Waals surface area contributed by atoms with Gasteiger partial charge in [0.1, 0.15) is 5.58 Å². The first kappa shape index (κ1) is 49.4. The van der Waals surface area contributed by atoms with Crippen molar-refractivity contribution >= 4 is 85.5 Å². The number of hydrogen-bond donors (Lipinski definition) is 0. The van der Waals surface area contributed by atoms with Gasteiger partial charge in [-0.2, -0.15) is 0 Å². The van der Waals surface area contributed by atoms with Gasteiger partial charge in [-0.3, -0.25) is 0 Å². The second-order valence-electron chi connectivity index (χ2n) is 27.7. The van der Waals surface area contributed by atoms with Crippen molar-refractivity contribution in [2.45, 2.75) is 169 Å². The van der Waals surface area contributed by atoms with E-state index in [-0.39, 0.29) is 39.2 Å². The van der Waals surface area contributed by atoms with Gasteiger partial charge in [0.25, 0.3) is 6.71 Å². The molecule has 3 heterocycles. The van der Waals surface area contributed by atoms with Gasteiger partial charge in [0.15, 0.2) is 0 Å². The monoisotopic (exact) mass is 988 g/mol. The molecule has 2 aliphatic heterocycles. The van der Waals surface area contributed by atoms with Crippen molar-refractivity contribution < 1.29 is 4.42 Å². The summed E-state index contributed by atoms with van der Waals surface area (Å²) in [6.07, 6.45) is 4.55. The molecule has 0 fully saturated rings. The topological polar surface area (TPSA) is 22.9 Å². The maximum absolute atomic E-state index is 7.61. The number of rotatable bonds is 5. The first-order valence-corrected chi connectivity index (χ1v) is 28.0. The molecule has 2 aliphatic carbocycles. The Morgan fingerprint density at radius 1 is 0.467 bits per heavy atom. The molecule has 7 aromatic carbocycles. The highest BCUT2D eigenvalue weighted by Crippen LogP contribution is 2.57. The van der Waals surface area contributed by atoms with E-state index in [1.165, 1.54) is 84.6 Å². The van der Waals surface area contributed by atoms with Crippen LogP contribution < -0.4 is 31.3 Å². The van der Waals surface area contributed by atoms with Gasteiger partial charge in [0.2, 0.25) is 0 Å². The summed E-state index contributed by atoms with van der Waals surface area (Å²) < 4.78 is 7.61. The fourth-order valence-electron chi connectivity index (χ4n) is 13.7. The van der Waals surface area contributed by atoms with Gasteiger partial charge in [0, 0.05) is 45.2 Å². The summed E-state index contributed by atoms with van der Waals surface area (Å²) >= 11 is 0. The molecular formula is C70H78BN3O. The highest BCUT2D eigenvalue weighted by Gasteiger charge is 2.51. The van der Waals surface area contributed by atoms with Crippen molar-refractivity contribution in [1.29, 1.82) is 0 Å². The molecular weight excluding hydrogens is 910 g/mol. The molecule has 0 bridgehead atoms. The van der Waals surface area contributed by atoms with Crippen molar-refractivity contribution in [2.75, 3.05) is 14.7 Å². The van der Waals surface area contributed by atoms with Crippen LogP contribution in [0.2, 0.25) is 0 Å². The van der Waals surface area contributed by atoms with E-state index >= 15 is 0 Å². The molecule has 0 radical (unpaired) electrons. The number of benzene rings is 7. The molecule has 0 saturated heterocycles. The Kier molecular flexibility index (Phi) is 10.9. The van der Waals surface area contributed by atoms with E-state index in [1.54, 1.807) is 0 Å². The zero-order chi connectivity index (χ0) is 53.1. The smallest absolute Gasteiger partial charge is 0.297 e. The third-order valence-electron chi connectivity index (χ3n) is 18.5. The molecule has 0 unspecified atom stereocenters. The molecule has 12 rings (SSSR count). The van der Waals surface area contributed by atoms with Crippen molar-refractivity contribution in [3.05, 3.63) is 178 Å². The minimum Gasteiger partial charge on any atom is -0.468 e. The Hall–Kier alpha value is -6.46. The van der Waals surface area contributed by atoms with Crippen LogP contribution in [-0.2, 0) is 32.5 Å². The minimum absolute atomic E-state index is 0.00710. The molecule has 1 aromatic heterocycles. The Bertz CT molecular complexity index is 3580. The van der Waals surface area contributed by atoms with Gasteiger partial charge in [-0.1, -0.05) is 170 Å². The summed E-state index contributed by atoms with van der Waals surface area (Å²) in [6.45, 7) is 38.3. The van der Waals surface area contributed by atoms with Crippen molar-refractivity contribution in [3.8, 4) is 0 Å². The lowest BCUT2D eigenvalue weighted by atomic mass is 9.35. The molecule has 0 amide bonds. The zero-order valence-corrected chi connectivity index (χ0v) is 47.9. The average molecular weight is 988 g/mol. The van der Waals surface area contributed by atoms with Crippen LogP contribution >= 0.6 is 0 Å². The van der Waals surface area contributed by atoms with E-state index in [0.717, 1.165) is 64.3 Å². The quantitative estimate of drug-likeness (QED) is 0.160. The van der Waals surface area contributed by atoms with Crippen LogP contribution in [0.3, 0.4) is 0 Å². The molecule has 75 heavy (non-hydrogen) atoms. The summed E-state index contributed by atoms with van der Waals surface area (Å²) in [5.41, 5.74) is 26.0. The second kappa shape index (κ2) is 16.5. The number of aryl methyl sites for hydroxylation is 2. The van der Waals surface area contributed by atoms with Gasteiger partial charge >= 0.3 is 0 Å². The van der Waals surface area contributed by atoms with E-state index in [0.29, 0.717) is 0 Å². The summed E-state index contributed by atoms with van der Waals surface area (Å²) in [5.74, 6) is 0. The number of para-hydroxylation sites is 2. The third-order valence-corrected chi connectivity index (χ3v) is 18.5. The minimum atomic E-state index is -0.192. The number of nitrogens with zero attached hydrogens (tertiary/aromatic N) is 3. The van der Waals surface area contributed by atoms with Crippen molar-refractivity contribution in [1.82, 2.24) is 0 Å². The number of hydrogen-bond acceptors (Lipinski definition) is 4. The third kappa shape index (κ3) is 7.67. The van der Waals surface area contributed by atoms with Crippen LogP contribution in [0.15, 0.2) is 138 Å². The Labute approximate surface area is 449 Å². The zero-order valence-electron chi connectivity index (χ0n) is 47.9. The van der Waals surface area contributed by atoms with Crippen LogP contribution in [0, 0.1) is 13.8 Å². The maximum atomic E-state index is 7.61. The highest BCUT2D eigenvalue weighted by molar-refractivity contribution is 7.00. The van der Waals surface area contributed by atoms with Crippen LogP contribution in [0.5, 0.6) is 0 Å². The molecule has 4 aliphatic rings. The predicted octanol–water partition coefficient (Wildman–Crippen LogP) is 17.9. The largest absolute Gasteiger partial charge is 0.468 e. The van der Waals surface area contributed by atoms with Gasteiger partial charge < -0.3 is 19.1 Å². The van der Waals surface area contributed by atoms with Gasteiger partial charge in [0.05, 0.1) is 17.0 Å². The number of furan rings is 1. The lowest BCUT2D eigenvalue weighted by Crippen LogP contribution is -2.61. The summed E-state index contributed by atoms with van der Waals surface area (Å²) in [4.78, 5) is 7.87. The van der Waals surface area contributed by atoms with Crippen LogP contribution in [-0.4, -0.2) is 6.71 Å². The van der Waals surface area contributed by atoms with E-state index in [4.69, 9.17) is 4.42 Å². The lowest BCUT2D eigenvalue weighted by Gasteiger charge is -2.50. The van der Waals surface area contributed by atoms with Crippen LogP contribution in [0.25, 0.3) is 11.0 Å². The molecule has 0 saturated carbocycles. The maximum Gasteiger partial charge on any atom is 0.297 e. The fourth-order valence-corrected chi connectivity index (χ4v) is 13.7. The van der Waals surface area contributed by atoms with Crippen molar-refractivity contribution in [2.24, 2.45) is 0 Å². The number of fused-ring (bicyclic) bond motifs is 9. The Morgan fingerprint density at radius 2 is 0.973 bits per heavy atom. The van der Waals surface area contributed by atoms with Gasteiger partial charge in [-0.15, -0.1) is 0 Å². The van der Waals surface area contributed by atoms with Gasteiger partial charge in [-0.05, 0) is 188 Å².